The third kappa shape index (κ3) is 4.93. The molecule has 1 saturated heterocycles. The molecule has 0 spiro atoms. The van der Waals surface area contributed by atoms with E-state index in [0.717, 1.165) is 6.42 Å². The highest BCUT2D eigenvalue weighted by Gasteiger charge is 2.25. The number of nitrogens with two attached hydrogens (primary N) is 1. The predicted octanol–water partition coefficient (Wildman–Crippen LogP) is 0.912. The van der Waals surface area contributed by atoms with Gasteiger partial charge in [0.2, 0.25) is 0 Å². The molecule has 1 aliphatic heterocycles. The summed E-state index contributed by atoms with van der Waals surface area (Å²) >= 11 is 0. The smallest absolute Gasteiger partial charge is 0.407 e. The molecule has 1 unspecified atom stereocenters. The number of amides is 3. The summed E-state index contributed by atoms with van der Waals surface area (Å²) in [4.78, 5) is 23.9. The van der Waals surface area contributed by atoms with Gasteiger partial charge in [0.1, 0.15) is 5.60 Å². The van der Waals surface area contributed by atoms with Crippen LogP contribution >= 0.6 is 0 Å². The third-order valence-electron chi connectivity index (χ3n) is 2.53. The maximum atomic E-state index is 11.4. The second kappa shape index (κ2) is 5.25. The molecule has 0 saturated carbocycles. The van der Waals surface area contributed by atoms with E-state index in [9.17, 15) is 9.59 Å². The maximum Gasteiger partial charge on any atom is 0.407 e. The van der Waals surface area contributed by atoms with Crippen LogP contribution in [0.2, 0.25) is 0 Å². The van der Waals surface area contributed by atoms with Gasteiger partial charge in [0.15, 0.2) is 0 Å². The van der Waals surface area contributed by atoms with Crippen molar-refractivity contribution in [1.82, 2.24) is 10.2 Å². The average Bonchev–Trinajstić information content (AvgIpc) is 2.60. The zero-order valence-electron chi connectivity index (χ0n) is 10.7. The molecule has 1 aliphatic rings. The van der Waals surface area contributed by atoms with Gasteiger partial charge < -0.3 is 20.7 Å². The predicted molar refractivity (Wildman–Crippen MR) is 63.5 cm³/mol. The van der Waals surface area contributed by atoms with Gasteiger partial charge in [-0.1, -0.05) is 0 Å². The number of rotatable bonds is 2. The minimum Gasteiger partial charge on any atom is -0.444 e. The second-order valence-electron chi connectivity index (χ2n) is 5.32. The summed E-state index contributed by atoms with van der Waals surface area (Å²) in [5.41, 5.74) is 4.69. The van der Waals surface area contributed by atoms with E-state index in [4.69, 9.17) is 10.5 Å². The van der Waals surface area contributed by atoms with Gasteiger partial charge in [-0.05, 0) is 33.1 Å². The van der Waals surface area contributed by atoms with Crippen molar-refractivity contribution in [2.24, 2.45) is 11.7 Å². The van der Waals surface area contributed by atoms with Gasteiger partial charge in [0.25, 0.3) is 0 Å². The summed E-state index contributed by atoms with van der Waals surface area (Å²) in [5, 5.41) is 2.70. The highest BCUT2D eigenvalue weighted by atomic mass is 16.6. The fourth-order valence-electron chi connectivity index (χ4n) is 1.74. The monoisotopic (exact) mass is 243 g/mol. The van der Waals surface area contributed by atoms with E-state index in [1.165, 1.54) is 0 Å². The molecule has 0 radical (unpaired) electrons. The molecule has 0 aromatic heterocycles. The molecule has 1 heterocycles. The van der Waals surface area contributed by atoms with Crippen LogP contribution in [0.1, 0.15) is 27.2 Å². The maximum absolute atomic E-state index is 11.4. The van der Waals surface area contributed by atoms with Gasteiger partial charge in [-0.25, -0.2) is 9.59 Å². The first-order chi connectivity index (χ1) is 7.78. The van der Waals surface area contributed by atoms with E-state index in [2.05, 4.69) is 5.32 Å². The van der Waals surface area contributed by atoms with Gasteiger partial charge in [-0.3, -0.25) is 0 Å². The number of hydrogen-bond acceptors (Lipinski definition) is 3. The Balaban J connectivity index is 2.24. The molecule has 0 aliphatic carbocycles. The van der Waals surface area contributed by atoms with Crippen LogP contribution in [0.5, 0.6) is 0 Å². The number of hydrogen-bond donors (Lipinski definition) is 2. The highest BCUT2D eigenvalue weighted by Crippen LogP contribution is 2.15. The first-order valence-electron chi connectivity index (χ1n) is 5.79. The molecule has 6 nitrogen and oxygen atoms in total. The first kappa shape index (κ1) is 13.6. The Hall–Kier alpha value is -1.46. The normalized spacial score (nSPS) is 20.2. The van der Waals surface area contributed by atoms with Crippen LogP contribution in [0.4, 0.5) is 9.59 Å². The van der Waals surface area contributed by atoms with Crippen LogP contribution in [0.15, 0.2) is 0 Å². The summed E-state index contributed by atoms with van der Waals surface area (Å²) in [7, 11) is 0. The summed E-state index contributed by atoms with van der Waals surface area (Å²) in [6, 6.07) is -0.398. The second-order valence-corrected chi connectivity index (χ2v) is 5.32. The Labute approximate surface area is 101 Å². The number of likely N-dealkylation sites (tertiary alicyclic amines) is 1. The Kier molecular flexibility index (Phi) is 4.20. The average molecular weight is 243 g/mol. The molecule has 6 heteroatoms. The number of nitrogens with zero attached hydrogens (tertiary/aromatic N) is 1. The van der Waals surface area contributed by atoms with Crippen LogP contribution in [-0.2, 0) is 4.74 Å². The van der Waals surface area contributed by atoms with E-state index in [0.29, 0.717) is 19.6 Å². The van der Waals surface area contributed by atoms with E-state index in [1.807, 2.05) is 20.8 Å². The minimum absolute atomic E-state index is 0.259. The molecule has 98 valence electrons. The molecule has 0 aromatic rings. The molecule has 0 aromatic carbocycles. The Morgan fingerprint density at radius 1 is 1.47 bits per heavy atom. The Bertz CT molecular complexity index is 299. The standard InChI is InChI=1S/C11H21N3O3/c1-11(2,3)17-10(16)13-6-8-4-5-14(7-8)9(12)15/h8H,4-7H2,1-3H3,(H2,12,15)(H,13,16). The van der Waals surface area contributed by atoms with Crippen molar-refractivity contribution in [3.05, 3.63) is 0 Å². The molecular weight excluding hydrogens is 222 g/mol. The van der Waals surface area contributed by atoms with E-state index in [1.54, 1.807) is 4.90 Å². The number of carbonyl (C=O) groups is 2. The van der Waals surface area contributed by atoms with Gasteiger partial charge in [0.05, 0.1) is 0 Å². The molecule has 1 rings (SSSR count). The van der Waals surface area contributed by atoms with Crippen molar-refractivity contribution in [2.75, 3.05) is 19.6 Å². The lowest BCUT2D eigenvalue weighted by atomic mass is 10.1. The molecule has 3 N–H and O–H groups in total. The summed E-state index contributed by atoms with van der Waals surface area (Å²) < 4.78 is 5.12. The number of carbonyl (C=O) groups excluding carboxylic acids is 2. The molecule has 17 heavy (non-hydrogen) atoms. The van der Waals surface area contributed by atoms with Crippen molar-refractivity contribution >= 4 is 12.1 Å². The number of urea groups is 1. The fourth-order valence-corrected chi connectivity index (χ4v) is 1.74. The van der Waals surface area contributed by atoms with Crippen LogP contribution < -0.4 is 11.1 Å². The van der Waals surface area contributed by atoms with E-state index < -0.39 is 17.7 Å². The molecule has 1 atom stereocenters. The highest BCUT2D eigenvalue weighted by molar-refractivity contribution is 5.72. The number of ether oxygens (including phenoxy) is 1. The largest absolute Gasteiger partial charge is 0.444 e. The SMILES string of the molecule is CC(C)(C)OC(=O)NCC1CCN(C(N)=O)C1. The quantitative estimate of drug-likeness (QED) is 0.756. The van der Waals surface area contributed by atoms with Crippen molar-refractivity contribution in [1.29, 1.82) is 0 Å². The first-order valence-corrected chi connectivity index (χ1v) is 5.79. The zero-order valence-corrected chi connectivity index (χ0v) is 10.7. The Morgan fingerprint density at radius 3 is 2.59 bits per heavy atom. The number of alkyl carbamates (subject to hydrolysis) is 1. The number of nitrogens with one attached hydrogen (secondary N) is 1. The van der Waals surface area contributed by atoms with Crippen molar-refractivity contribution in [3.8, 4) is 0 Å². The minimum atomic E-state index is -0.487. The van der Waals surface area contributed by atoms with E-state index in [-0.39, 0.29) is 5.92 Å². The van der Waals surface area contributed by atoms with Crippen LogP contribution in [-0.4, -0.2) is 42.3 Å². The van der Waals surface area contributed by atoms with Gasteiger partial charge in [0, 0.05) is 19.6 Å². The van der Waals surface area contributed by atoms with Crippen LogP contribution in [0.25, 0.3) is 0 Å². The molecule has 1 fully saturated rings. The fraction of sp³-hybridized carbons (Fsp3) is 0.818. The van der Waals surface area contributed by atoms with Crippen molar-refractivity contribution in [3.63, 3.8) is 0 Å². The molecule has 0 bridgehead atoms. The van der Waals surface area contributed by atoms with Gasteiger partial charge in [-0.2, -0.15) is 0 Å². The van der Waals surface area contributed by atoms with Gasteiger partial charge in [-0.15, -0.1) is 0 Å². The zero-order chi connectivity index (χ0) is 13.1. The lowest BCUT2D eigenvalue weighted by Gasteiger charge is -2.20. The summed E-state index contributed by atoms with van der Waals surface area (Å²) in [6.45, 7) is 7.23. The Morgan fingerprint density at radius 2 is 2.12 bits per heavy atom. The van der Waals surface area contributed by atoms with Gasteiger partial charge >= 0.3 is 12.1 Å². The molecule has 3 amide bonds. The summed E-state index contributed by atoms with van der Waals surface area (Å²) in [6.07, 6.45) is 0.439. The third-order valence-corrected chi connectivity index (χ3v) is 2.53. The van der Waals surface area contributed by atoms with Crippen LogP contribution in [0.3, 0.4) is 0 Å². The van der Waals surface area contributed by atoms with E-state index >= 15 is 0 Å². The van der Waals surface area contributed by atoms with Crippen molar-refractivity contribution in [2.45, 2.75) is 32.8 Å². The summed E-state index contributed by atoms with van der Waals surface area (Å²) in [5.74, 6) is 0.259. The van der Waals surface area contributed by atoms with Crippen LogP contribution in [0, 0.1) is 5.92 Å². The lowest BCUT2D eigenvalue weighted by molar-refractivity contribution is 0.0520. The van der Waals surface area contributed by atoms with Crippen molar-refractivity contribution < 1.29 is 14.3 Å². The topological polar surface area (TPSA) is 84.7 Å². The molecular formula is C11H21N3O3. The number of primary amides is 1. The lowest BCUT2D eigenvalue weighted by Crippen LogP contribution is -2.37.